The molecule has 0 bridgehead atoms. The van der Waals surface area contributed by atoms with Gasteiger partial charge < -0.3 is 30.1 Å². The number of ether oxygens (including phenoxy) is 3. The lowest BCUT2D eigenvalue weighted by Gasteiger charge is -2.12. The summed E-state index contributed by atoms with van der Waals surface area (Å²) in [5.41, 5.74) is 13.0. The first-order valence-electron chi connectivity index (χ1n) is 11.7. The van der Waals surface area contributed by atoms with Gasteiger partial charge in [-0.2, -0.15) is 0 Å². The number of hydrogen-bond acceptors (Lipinski definition) is 9. The van der Waals surface area contributed by atoms with Crippen LogP contribution in [0.25, 0.3) is 22.3 Å². The molecule has 0 aliphatic heterocycles. The molecule has 0 aliphatic rings. The Bertz CT molecular complexity index is 1740. The summed E-state index contributed by atoms with van der Waals surface area (Å²) >= 11 is 0. The topological polar surface area (TPSA) is 144 Å². The highest BCUT2D eigenvalue weighted by Crippen LogP contribution is 2.33. The van der Waals surface area contributed by atoms with Gasteiger partial charge in [-0.3, -0.25) is 4.79 Å². The first-order valence-corrected chi connectivity index (χ1v) is 11.7. The molecule has 4 aromatic carbocycles. The SMILES string of the molecule is COc1ccc2c(=O)c(OC(=O)c3ccc(N)cc3)c(-c3ccc(OC(=O)c4ccc(N)cc4)cc3)oc2c1. The Morgan fingerprint density at radius 1 is 0.692 bits per heavy atom. The van der Waals surface area contributed by atoms with Gasteiger partial charge in [0.15, 0.2) is 5.76 Å². The third-order valence-electron chi connectivity index (χ3n) is 5.87. The zero-order valence-corrected chi connectivity index (χ0v) is 20.7. The molecule has 1 heterocycles. The maximum atomic E-state index is 13.5. The minimum Gasteiger partial charge on any atom is -0.497 e. The summed E-state index contributed by atoms with van der Waals surface area (Å²) in [4.78, 5) is 38.8. The maximum absolute atomic E-state index is 13.5. The quantitative estimate of drug-likeness (QED) is 0.177. The summed E-state index contributed by atoms with van der Waals surface area (Å²) in [5.74, 6) is -0.864. The van der Waals surface area contributed by atoms with Crippen LogP contribution in [0.3, 0.4) is 0 Å². The highest BCUT2D eigenvalue weighted by molar-refractivity contribution is 5.94. The van der Waals surface area contributed by atoms with Crippen LogP contribution in [0.1, 0.15) is 20.7 Å². The molecule has 0 aliphatic carbocycles. The summed E-state index contributed by atoms with van der Waals surface area (Å²) in [6, 6.07) is 23.3. The van der Waals surface area contributed by atoms with Crippen molar-refractivity contribution in [2.75, 3.05) is 18.6 Å². The molecule has 9 heteroatoms. The lowest BCUT2D eigenvalue weighted by Crippen LogP contribution is -2.16. The molecule has 1 aromatic heterocycles. The lowest BCUT2D eigenvalue weighted by molar-refractivity contribution is 0.0723. The number of benzene rings is 4. The molecule has 0 saturated heterocycles. The van der Waals surface area contributed by atoms with E-state index < -0.39 is 17.4 Å². The Balaban J connectivity index is 1.52. The fraction of sp³-hybridized carbons (Fsp3) is 0.0333. The highest BCUT2D eigenvalue weighted by atomic mass is 16.5. The van der Waals surface area contributed by atoms with Crippen molar-refractivity contribution in [3.8, 4) is 28.6 Å². The van der Waals surface area contributed by atoms with Gasteiger partial charge in [0.05, 0.1) is 23.6 Å². The second-order valence-corrected chi connectivity index (χ2v) is 8.50. The Kier molecular flexibility index (Phi) is 6.71. The summed E-state index contributed by atoms with van der Waals surface area (Å²) in [6.45, 7) is 0. The molecule has 9 nitrogen and oxygen atoms in total. The molecule has 0 atom stereocenters. The highest BCUT2D eigenvalue weighted by Gasteiger charge is 2.22. The van der Waals surface area contributed by atoms with Crippen LogP contribution in [0.5, 0.6) is 17.2 Å². The third-order valence-corrected chi connectivity index (χ3v) is 5.87. The van der Waals surface area contributed by atoms with Crippen LogP contribution in [0, 0.1) is 0 Å². The molecule has 0 radical (unpaired) electrons. The van der Waals surface area contributed by atoms with Gasteiger partial charge in [0.2, 0.25) is 11.2 Å². The van der Waals surface area contributed by atoms with Crippen molar-refractivity contribution >= 4 is 34.3 Å². The van der Waals surface area contributed by atoms with Crippen molar-refractivity contribution in [3.05, 3.63) is 112 Å². The van der Waals surface area contributed by atoms with Crippen LogP contribution in [0.15, 0.2) is 100 Å². The van der Waals surface area contributed by atoms with E-state index >= 15 is 0 Å². The number of nitrogens with two attached hydrogens (primary N) is 2. The smallest absolute Gasteiger partial charge is 0.343 e. The summed E-state index contributed by atoms with van der Waals surface area (Å²) in [6.07, 6.45) is 0. The van der Waals surface area contributed by atoms with Crippen LogP contribution < -0.4 is 31.1 Å². The number of anilines is 2. The number of carbonyl (C=O) groups excluding carboxylic acids is 2. The molecule has 5 aromatic rings. The van der Waals surface area contributed by atoms with Crippen molar-refractivity contribution in [2.24, 2.45) is 0 Å². The van der Waals surface area contributed by atoms with Crippen molar-refractivity contribution in [2.45, 2.75) is 0 Å². The van der Waals surface area contributed by atoms with E-state index in [9.17, 15) is 14.4 Å². The van der Waals surface area contributed by atoms with Crippen LogP contribution in [0.2, 0.25) is 0 Å². The Hall–Kier alpha value is -5.57. The van der Waals surface area contributed by atoms with Gasteiger partial charge in [-0.05, 0) is 84.9 Å². The number of hydrogen-bond donors (Lipinski definition) is 2. The fourth-order valence-corrected chi connectivity index (χ4v) is 3.80. The van der Waals surface area contributed by atoms with E-state index in [1.165, 1.54) is 37.4 Å². The summed E-state index contributed by atoms with van der Waals surface area (Å²) in [7, 11) is 1.49. The number of rotatable bonds is 6. The van der Waals surface area contributed by atoms with Crippen LogP contribution in [-0.2, 0) is 0 Å². The minimum atomic E-state index is -0.759. The molecule has 0 fully saturated rings. The van der Waals surface area contributed by atoms with E-state index in [0.29, 0.717) is 28.3 Å². The third kappa shape index (κ3) is 5.28. The second kappa shape index (κ2) is 10.4. The minimum absolute atomic E-state index is 0.0148. The molecule has 0 amide bonds. The number of nitrogen functional groups attached to an aromatic ring is 2. The van der Waals surface area contributed by atoms with Gasteiger partial charge >= 0.3 is 11.9 Å². The molecule has 5 rings (SSSR count). The molecule has 4 N–H and O–H groups in total. The average Bonchev–Trinajstić information content (AvgIpc) is 2.95. The largest absolute Gasteiger partial charge is 0.497 e. The van der Waals surface area contributed by atoms with Gasteiger partial charge in [-0.1, -0.05) is 0 Å². The van der Waals surface area contributed by atoms with Crippen molar-refractivity contribution in [1.82, 2.24) is 0 Å². The monoisotopic (exact) mass is 522 g/mol. The van der Waals surface area contributed by atoms with E-state index in [4.69, 9.17) is 30.1 Å². The lowest BCUT2D eigenvalue weighted by atomic mass is 10.1. The van der Waals surface area contributed by atoms with Gasteiger partial charge in [0, 0.05) is 23.0 Å². The first-order chi connectivity index (χ1) is 18.8. The van der Waals surface area contributed by atoms with Crippen LogP contribution >= 0.6 is 0 Å². The first kappa shape index (κ1) is 25.1. The summed E-state index contributed by atoms with van der Waals surface area (Å²) in [5, 5.41) is 0.203. The van der Waals surface area contributed by atoms with E-state index in [-0.39, 0.29) is 33.8 Å². The van der Waals surface area contributed by atoms with Crippen molar-refractivity contribution < 1.29 is 28.2 Å². The summed E-state index contributed by atoms with van der Waals surface area (Å²) < 4.78 is 22.3. The van der Waals surface area contributed by atoms with Crippen molar-refractivity contribution in [3.63, 3.8) is 0 Å². The van der Waals surface area contributed by atoms with Gasteiger partial charge in [-0.25, -0.2) is 9.59 Å². The fourth-order valence-electron chi connectivity index (χ4n) is 3.80. The van der Waals surface area contributed by atoms with Crippen molar-refractivity contribution in [1.29, 1.82) is 0 Å². The van der Waals surface area contributed by atoms with E-state index in [2.05, 4.69) is 0 Å². The molecular weight excluding hydrogens is 500 g/mol. The molecule has 0 saturated carbocycles. The zero-order chi connectivity index (χ0) is 27.5. The number of carbonyl (C=O) groups is 2. The second-order valence-electron chi connectivity index (χ2n) is 8.50. The zero-order valence-electron chi connectivity index (χ0n) is 20.7. The standard InChI is InChI=1S/C30H22N2O7/c1-36-23-14-15-24-25(16-23)38-27(28(26(24)33)39-30(35)19-4-10-21(32)11-5-19)17-6-12-22(13-7-17)37-29(34)18-2-8-20(31)9-3-18/h2-16H,31-32H2,1H3. The molecule has 194 valence electrons. The molecule has 39 heavy (non-hydrogen) atoms. The Labute approximate surface area is 222 Å². The predicted molar refractivity (Wildman–Crippen MR) is 146 cm³/mol. The predicted octanol–water partition coefficient (Wildman–Crippen LogP) is 5.07. The maximum Gasteiger partial charge on any atom is 0.343 e. The molecule has 0 spiro atoms. The number of esters is 2. The number of fused-ring (bicyclic) bond motifs is 1. The van der Waals surface area contributed by atoms with E-state index in [0.717, 1.165) is 0 Å². The van der Waals surface area contributed by atoms with E-state index in [1.54, 1.807) is 60.7 Å². The number of methoxy groups -OCH3 is 1. The van der Waals surface area contributed by atoms with Crippen LogP contribution in [0.4, 0.5) is 11.4 Å². The Morgan fingerprint density at radius 2 is 1.23 bits per heavy atom. The van der Waals surface area contributed by atoms with Gasteiger partial charge in [-0.15, -0.1) is 0 Å². The normalized spacial score (nSPS) is 10.7. The Morgan fingerprint density at radius 3 is 1.79 bits per heavy atom. The van der Waals surface area contributed by atoms with Crippen LogP contribution in [-0.4, -0.2) is 19.0 Å². The van der Waals surface area contributed by atoms with E-state index in [1.807, 2.05) is 0 Å². The molecular formula is C30H22N2O7. The molecule has 0 unspecified atom stereocenters. The average molecular weight is 523 g/mol. The van der Waals surface area contributed by atoms with Gasteiger partial charge in [0.25, 0.3) is 0 Å². The van der Waals surface area contributed by atoms with Gasteiger partial charge in [0.1, 0.15) is 17.1 Å².